The lowest BCUT2D eigenvalue weighted by molar-refractivity contribution is -0.0399. The number of para-hydroxylation sites is 4. The van der Waals surface area contributed by atoms with Crippen molar-refractivity contribution in [2.45, 2.75) is 75.0 Å². The summed E-state index contributed by atoms with van der Waals surface area (Å²) in [6.07, 6.45) is 14.1. The molecule has 572 valence electrons. The molecule has 0 saturated heterocycles. The summed E-state index contributed by atoms with van der Waals surface area (Å²) in [7, 11) is 0. The smallest absolute Gasteiger partial charge is 0.0547 e. The van der Waals surface area contributed by atoms with Crippen molar-refractivity contribution in [1.29, 1.82) is 0 Å². The van der Waals surface area contributed by atoms with Crippen LogP contribution >= 0.6 is 0 Å². The molecule has 16 aromatic carbocycles. The molecule has 0 unspecified atom stereocenters. The van der Waals surface area contributed by atoms with Crippen molar-refractivity contribution in [1.82, 2.24) is 18.3 Å². The van der Waals surface area contributed by atoms with Gasteiger partial charge in [-0.1, -0.05) is 255 Å². The Morgan fingerprint density at radius 3 is 1.01 bits per heavy atom. The molecular formula is C116H88N4. The van der Waals surface area contributed by atoms with Crippen LogP contribution < -0.4 is 0 Å². The molecule has 0 N–H and O–H groups in total. The van der Waals surface area contributed by atoms with E-state index in [1.54, 1.807) is 22.3 Å². The number of nitrogens with zero attached hydrogens (tertiary/aromatic N) is 4. The van der Waals surface area contributed by atoms with E-state index in [4.69, 9.17) is 0 Å². The van der Waals surface area contributed by atoms with E-state index in [2.05, 4.69) is 382 Å². The van der Waals surface area contributed by atoms with Crippen molar-refractivity contribution < 1.29 is 0 Å². The Labute approximate surface area is 698 Å². The van der Waals surface area contributed by atoms with Gasteiger partial charge in [0.25, 0.3) is 0 Å². The highest BCUT2D eigenvalue weighted by Crippen LogP contribution is 2.72. The van der Waals surface area contributed by atoms with Gasteiger partial charge in [0.05, 0.1) is 44.1 Å². The lowest BCUT2D eigenvalue weighted by Crippen LogP contribution is -2.55. The molecule has 30 rings (SSSR count). The maximum absolute atomic E-state index is 2.64. The van der Waals surface area contributed by atoms with Crippen molar-refractivity contribution in [3.63, 3.8) is 0 Å². The topological polar surface area (TPSA) is 19.7 Å². The van der Waals surface area contributed by atoms with Gasteiger partial charge in [-0.15, -0.1) is 0 Å². The second-order valence-corrected chi connectivity index (χ2v) is 37.0. The van der Waals surface area contributed by atoms with Crippen LogP contribution in [0.3, 0.4) is 0 Å². The Balaban J connectivity index is 0.000000127. The first-order valence-electron chi connectivity index (χ1n) is 44.4. The van der Waals surface area contributed by atoms with Gasteiger partial charge in [0.2, 0.25) is 0 Å². The van der Waals surface area contributed by atoms with Gasteiger partial charge in [0, 0.05) is 76.7 Å². The Morgan fingerprint density at radius 1 is 0.175 bits per heavy atom. The summed E-state index contributed by atoms with van der Waals surface area (Å²) in [5, 5.41) is 10.3. The molecule has 10 aliphatic rings. The number of fused-ring (bicyclic) bond motifs is 18. The Morgan fingerprint density at radius 2 is 0.500 bits per heavy atom. The normalized spacial score (nSPS) is 22.4. The zero-order valence-electron chi connectivity index (χ0n) is 67.1. The van der Waals surface area contributed by atoms with Gasteiger partial charge in [-0.05, 0) is 310 Å². The van der Waals surface area contributed by atoms with Crippen molar-refractivity contribution in [2.75, 3.05) is 0 Å². The van der Waals surface area contributed by atoms with Crippen LogP contribution in [0.4, 0.5) is 0 Å². The molecule has 8 fully saturated rings. The molecule has 0 aliphatic heterocycles. The monoisotopic (exact) mass is 1540 g/mol. The van der Waals surface area contributed by atoms with Gasteiger partial charge < -0.3 is 18.3 Å². The van der Waals surface area contributed by atoms with E-state index in [-0.39, 0.29) is 10.8 Å². The van der Waals surface area contributed by atoms with Crippen molar-refractivity contribution >= 4 is 87.2 Å². The molecule has 8 bridgehead atoms. The predicted molar refractivity (Wildman–Crippen MR) is 499 cm³/mol. The Kier molecular flexibility index (Phi) is 14.5. The molecule has 4 aromatic heterocycles. The molecule has 4 heterocycles. The fourth-order valence-corrected chi connectivity index (χ4v) is 27.3. The molecule has 10 aliphatic carbocycles. The Bertz CT molecular complexity index is 7560. The molecule has 8 saturated carbocycles. The van der Waals surface area contributed by atoms with E-state index in [9.17, 15) is 0 Å². The van der Waals surface area contributed by atoms with E-state index in [1.807, 2.05) is 0 Å². The van der Waals surface area contributed by atoms with Gasteiger partial charge >= 0.3 is 0 Å². The Hall–Kier alpha value is -13.3. The van der Waals surface area contributed by atoms with E-state index in [0.29, 0.717) is 0 Å². The highest BCUT2D eigenvalue weighted by Gasteiger charge is 2.63. The molecule has 4 heteroatoms. The van der Waals surface area contributed by atoms with E-state index >= 15 is 0 Å². The first kappa shape index (κ1) is 67.7. The standard InChI is InChI=1S/2C58H44N2/c1-2-12-38(13-3-1)39-14-10-15-43(33-39)60-54-22-9-6-18-49(54)57-45(19-11-23-56(57)60)40-24-27-55-50(34-40)48-17-5-8-21-53(48)59(55)44-25-26-47-46-16-4-7-20-51(46)58(52(47)35-44)41-29-36-28-37(31-41)32-42(58)30-36;1-2-11-38(12-3-1)39-13-10-14-44(32-39)60-54-19-8-5-16-48(54)50-24-21-41(34-57(50)60)40-22-26-56-51(33-40)49-17-6-9-20-55(49)59(56)45-23-25-47-46-15-4-7-18-52(46)58(53(47)35-45)42-28-36-27-37(30-42)31-43(58)29-36/h1-27,33-37,41-42H,28-32H2;1-26,32-37,42-43H,27-31H2. The quantitative estimate of drug-likeness (QED) is 0.144. The third-order valence-corrected chi connectivity index (χ3v) is 31.4. The lowest BCUT2D eigenvalue weighted by Gasteiger charge is -2.61. The lowest BCUT2D eigenvalue weighted by atomic mass is 9.43. The molecule has 20 aromatic rings. The predicted octanol–water partition coefficient (Wildman–Crippen LogP) is 29.9. The van der Waals surface area contributed by atoms with Crippen LogP contribution in [0.1, 0.15) is 86.5 Å². The zero-order chi connectivity index (χ0) is 78.2. The number of aromatic nitrogens is 4. The van der Waals surface area contributed by atoms with Crippen molar-refractivity contribution in [3.05, 3.63) is 386 Å². The van der Waals surface area contributed by atoms with Gasteiger partial charge in [-0.3, -0.25) is 0 Å². The number of rotatable bonds is 8. The van der Waals surface area contributed by atoms with Crippen LogP contribution in [0.25, 0.3) is 177 Å². The van der Waals surface area contributed by atoms with Crippen LogP contribution in [-0.2, 0) is 10.8 Å². The third-order valence-electron chi connectivity index (χ3n) is 31.4. The first-order chi connectivity index (χ1) is 59.4. The van der Waals surface area contributed by atoms with Gasteiger partial charge in [0.15, 0.2) is 0 Å². The largest absolute Gasteiger partial charge is 0.309 e. The summed E-state index contributed by atoms with van der Waals surface area (Å²) in [6.45, 7) is 0. The SMILES string of the molecule is c1ccc(-c2cccc(-n3c4ccccc4c4c(-c5ccc6c(c5)c5ccccc5n6-c5ccc6c(c5)C5(c7ccccc7-6)C6CC7CC(C6)CC5C7)cccc43)c2)cc1.c1ccc(-c2cccc(-n3c4ccccc4c4ccc(-c5ccc6c(c5)c5ccccc5n6-c5ccc6c(c5)C5(c7ccccc7-6)C6CC7CC(C6)CC5C7)cc43)c2)cc1. The molecule has 0 atom stereocenters. The maximum Gasteiger partial charge on any atom is 0.0547 e. The first-order valence-corrected chi connectivity index (χ1v) is 44.4. The highest BCUT2D eigenvalue weighted by molar-refractivity contribution is 6.18. The summed E-state index contributed by atoms with van der Waals surface area (Å²) < 4.78 is 10.0. The molecular weight excluding hydrogens is 1450 g/mol. The minimum atomic E-state index is 0.141. The number of benzene rings is 16. The minimum absolute atomic E-state index is 0.141. The summed E-state index contributed by atoms with van der Waals surface area (Å²) in [4.78, 5) is 0. The average Bonchev–Trinajstić information content (AvgIpc) is 1.45. The fraction of sp³-hybridized carbons (Fsp3) is 0.172. The molecule has 0 radical (unpaired) electrons. The molecule has 4 nitrogen and oxygen atoms in total. The van der Waals surface area contributed by atoms with Gasteiger partial charge in [0.1, 0.15) is 0 Å². The van der Waals surface area contributed by atoms with Crippen molar-refractivity contribution in [2.24, 2.45) is 47.3 Å². The van der Waals surface area contributed by atoms with Crippen LogP contribution in [0, 0.1) is 47.3 Å². The second-order valence-electron chi connectivity index (χ2n) is 37.0. The van der Waals surface area contributed by atoms with E-state index in [1.165, 1.54) is 241 Å². The van der Waals surface area contributed by atoms with E-state index < -0.39 is 0 Å². The molecule has 2 spiro atoms. The average molecular weight is 1540 g/mol. The van der Waals surface area contributed by atoms with Crippen LogP contribution in [0.2, 0.25) is 0 Å². The highest BCUT2D eigenvalue weighted by atomic mass is 15.0. The summed E-state index contributed by atoms with van der Waals surface area (Å²) in [5.74, 6) is 6.70. The zero-order valence-corrected chi connectivity index (χ0v) is 67.1. The van der Waals surface area contributed by atoms with Crippen LogP contribution in [0.5, 0.6) is 0 Å². The van der Waals surface area contributed by atoms with Crippen molar-refractivity contribution in [3.8, 4) is 89.5 Å². The summed E-state index contributed by atoms with van der Waals surface area (Å²) in [5.41, 5.74) is 37.4. The molecule has 0 amide bonds. The fourth-order valence-electron chi connectivity index (χ4n) is 27.3. The summed E-state index contributed by atoms with van der Waals surface area (Å²) in [6, 6.07) is 138. The number of hydrogen-bond donors (Lipinski definition) is 0. The minimum Gasteiger partial charge on any atom is -0.309 e. The van der Waals surface area contributed by atoms with Gasteiger partial charge in [-0.25, -0.2) is 0 Å². The number of hydrogen-bond acceptors (Lipinski definition) is 0. The molecule has 120 heavy (non-hydrogen) atoms. The van der Waals surface area contributed by atoms with Crippen LogP contribution in [0.15, 0.2) is 364 Å². The second kappa shape index (κ2) is 25.6. The maximum atomic E-state index is 2.64. The van der Waals surface area contributed by atoms with E-state index in [0.717, 1.165) is 47.3 Å². The van der Waals surface area contributed by atoms with Crippen LogP contribution in [-0.4, -0.2) is 18.3 Å². The van der Waals surface area contributed by atoms with Gasteiger partial charge in [-0.2, -0.15) is 0 Å². The third kappa shape index (κ3) is 9.54. The summed E-state index contributed by atoms with van der Waals surface area (Å²) >= 11 is 0.